The van der Waals surface area contributed by atoms with Gasteiger partial charge in [0.1, 0.15) is 6.26 Å². The van der Waals surface area contributed by atoms with Crippen molar-refractivity contribution in [2.45, 2.75) is 44.8 Å². The molecule has 1 atom stereocenters. The van der Waals surface area contributed by atoms with Crippen LogP contribution >= 0.6 is 0 Å². The molecule has 1 aliphatic carbocycles. The SMILES string of the molecule is Cc1cccc(-c2nc(C(=O)Nc3cc4cn(CCC5CCNC5=O)nc4cc3C3(O)CC3)co2)c1. The maximum absolute atomic E-state index is 13.1. The molecule has 1 saturated heterocycles. The molecule has 2 amide bonds. The van der Waals surface area contributed by atoms with Gasteiger partial charge in [0.15, 0.2) is 5.69 Å². The Kier molecular flexibility index (Phi) is 5.37. The molecule has 2 aromatic heterocycles. The number of aryl methyl sites for hydroxylation is 2. The van der Waals surface area contributed by atoms with Crippen LogP contribution in [0.2, 0.25) is 0 Å². The molecule has 9 heteroatoms. The average Bonchev–Trinajstić information content (AvgIpc) is 3.24. The molecule has 1 aliphatic heterocycles. The number of hydrogen-bond donors (Lipinski definition) is 3. The van der Waals surface area contributed by atoms with Gasteiger partial charge in [-0.2, -0.15) is 5.10 Å². The summed E-state index contributed by atoms with van der Waals surface area (Å²) >= 11 is 0. The molecule has 0 radical (unpaired) electrons. The fourth-order valence-electron chi connectivity index (χ4n) is 4.80. The van der Waals surface area contributed by atoms with Gasteiger partial charge in [0.05, 0.1) is 11.1 Å². The van der Waals surface area contributed by atoms with Gasteiger partial charge in [0.2, 0.25) is 11.8 Å². The number of fused-ring (bicyclic) bond motifs is 1. The second-order valence-corrected chi connectivity index (χ2v) is 9.81. The molecule has 2 aromatic carbocycles. The zero-order valence-electron chi connectivity index (χ0n) is 20.0. The standard InChI is InChI=1S/C27H27N5O4/c1-16-3-2-4-18(11-16)26-30-23(15-36-26)25(34)29-22-12-19-14-32(10-6-17-5-9-28-24(17)33)31-21(19)13-20(22)27(35)7-8-27/h2-4,11-15,17,35H,5-10H2,1H3,(H,28,33)(H,29,34). The summed E-state index contributed by atoms with van der Waals surface area (Å²) in [5.41, 5.74) is 2.96. The van der Waals surface area contributed by atoms with Crippen LogP contribution in [0.15, 0.2) is 53.3 Å². The highest BCUT2D eigenvalue weighted by molar-refractivity contribution is 6.04. The molecule has 1 unspecified atom stereocenters. The Morgan fingerprint density at radius 2 is 2.17 bits per heavy atom. The molecule has 3 heterocycles. The average molecular weight is 486 g/mol. The number of oxazole rings is 1. The summed E-state index contributed by atoms with van der Waals surface area (Å²) in [6, 6.07) is 11.4. The highest BCUT2D eigenvalue weighted by atomic mass is 16.3. The topological polar surface area (TPSA) is 122 Å². The molecular weight excluding hydrogens is 458 g/mol. The largest absolute Gasteiger partial charge is 0.444 e. The molecule has 3 N–H and O–H groups in total. The Hall–Kier alpha value is -3.98. The number of anilines is 1. The minimum absolute atomic E-state index is 0.0158. The lowest BCUT2D eigenvalue weighted by atomic mass is 10.0. The van der Waals surface area contributed by atoms with Gasteiger partial charge in [0.25, 0.3) is 5.91 Å². The first-order valence-corrected chi connectivity index (χ1v) is 12.2. The van der Waals surface area contributed by atoms with E-state index in [1.54, 1.807) is 0 Å². The van der Waals surface area contributed by atoms with Crippen molar-refractivity contribution >= 4 is 28.4 Å². The number of aliphatic hydroxyl groups is 1. The monoisotopic (exact) mass is 485 g/mol. The molecule has 9 nitrogen and oxygen atoms in total. The molecule has 4 aromatic rings. The van der Waals surface area contributed by atoms with Crippen molar-refractivity contribution in [1.82, 2.24) is 20.1 Å². The van der Waals surface area contributed by atoms with Gasteiger partial charge in [-0.05, 0) is 56.9 Å². The summed E-state index contributed by atoms with van der Waals surface area (Å²) in [6.45, 7) is 3.33. The van der Waals surface area contributed by atoms with E-state index in [0.717, 1.165) is 41.4 Å². The summed E-state index contributed by atoms with van der Waals surface area (Å²) < 4.78 is 7.39. The lowest BCUT2D eigenvalue weighted by molar-refractivity contribution is -0.122. The highest BCUT2D eigenvalue weighted by Crippen LogP contribution is 2.49. The van der Waals surface area contributed by atoms with Crippen molar-refractivity contribution in [3.63, 3.8) is 0 Å². The van der Waals surface area contributed by atoms with E-state index in [4.69, 9.17) is 4.42 Å². The van der Waals surface area contributed by atoms with Crippen LogP contribution in [-0.4, -0.2) is 38.2 Å². The van der Waals surface area contributed by atoms with E-state index in [1.807, 2.05) is 54.2 Å². The Labute approximate surface area is 207 Å². The van der Waals surface area contributed by atoms with E-state index in [-0.39, 0.29) is 17.5 Å². The fourth-order valence-corrected chi connectivity index (χ4v) is 4.80. The summed E-state index contributed by atoms with van der Waals surface area (Å²) in [4.78, 5) is 29.3. The molecule has 184 valence electrons. The minimum atomic E-state index is -0.973. The number of aromatic nitrogens is 3. The van der Waals surface area contributed by atoms with Crippen molar-refractivity contribution < 1.29 is 19.1 Å². The molecule has 2 aliphatic rings. The van der Waals surface area contributed by atoms with Crippen LogP contribution in [-0.2, 0) is 16.9 Å². The van der Waals surface area contributed by atoms with E-state index in [0.29, 0.717) is 36.5 Å². The van der Waals surface area contributed by atoms with Crippen LogP contribution in [0, 0.1) is 12.8 Å². The molecule has 0 bridgehead atoms. The smallest absolute Gasteiger partial charge is 0.277 e. The van der Waals surface area contributed by atoms with E-state index in [1.165, 1.54) is 6.26 Å². The van der Waals surface area contributed by atoms with Gasteiger partial charge < -0.3 is 20.2 Å². The molecule has 6 rings (SSSR count). The van der Waals surface area contributed by atoms with Gasteiger partial charge in [-0.1, -0.05) is 17.7 Å². The van der Waals surface area contributed by atoms with E-state index in [9.17, 15) is 14.7 Å². The maximum atomic E-state index is 13.1. The van der Waals surface area contributed by atoms with Crippen LogP contribution in [0.4, 0.5) is 5.69 Å². The summed E-state index contributed by atoms with van der Waals surface area (Å²) in [5.74, 6) is 0.0788. The number of benzene rings is 2. The zero-order valence-corrected chi connectivity index (χ0v) is 20.0. The van der Waals surface area contributed by atoms with Crippen molar-refractivity contribution in [2.75, 3.05) is 11.9 Å². The van der Waals surface area contributed by atoms with Crippen molar-refractivity contribution in [2.24, 2.45) is 5.92 Å². The fraction of sp³-hybridized carbons (Fsp3) is 0.333. The number of nitrogens with zero attached hydrogens (tertiary/aromatic N) is 3. The minimum Gasteiger partial charge on any atom is -0.444 e. The third-order valence-electron chi connectivity index (χ3n) is 7.04. The third-order valence-corrected chi connectivity index (χ3v) is 7.04. The van der Waals surface area contributed by atoms with Gasteiger partial charge in [-0.15, -0.1) is 0 Å². The molecular formula is C27H27N5O4. The van der Waals surface area contributed by atoms with E-state index < -0.39 is 11.5 Å². The van der Waals surface area contributed by atoms with Crippen LogP contribution in [0.1, 0.15) is 47.3 Å². The second-order valence-electron chi connectivity index (χ2n) is 9.81. The first kappa shape index (κ1) is 22.5. The quantitative estimate of drug-likeness (QED) is 0.366. The number of hydrogen-bond acceptors (Lipinski definition) is 6. The summed E-state index contributed by atoms with van der Waals surface area (Å²) in [6.07, 6.45) is 6.07. The van der Waals surface area contributed by atoms with Crippen molar-refractivity contribution in [1.29, 1.82) is 0 Å². The number of nitrogens with one attached hydrogen (secondary N) is 2. The lowest BCUT2D eigenvalue weighted by Crippen LogP contribution is -2.20. The van der Waals surface area contributed by atoms with Gasteiger partial charge in [0, 0.05) is 47.4 Å². The highest BCUT2D eigenvalue weighted by Gasteiger charge is 2.44. The summed E-state index contributed by atoms with van der Waals surface area (Å²) in [5, 5.41) is 22.2. The Morgan fingerprint density at radius 1 is 1.31 bits per heavy atom. The Morgan fingerprint density at radius 3 is 2.92 bits per heavy atom. The number of carbonyl (C=O) groups excluding carboxylic acids is 2. The van der Waals surface area contributed by atoms with Crippen LogP contribution in [0.25, 0.3) is 22.4 Å². The first-order chi connectivity index (χ1) is 17.4. The van der Waals surface area contributed by atoms with Crippen molar-refractivity contribution in [3.8, 4) is 11.5 Å². The molecule has 36 heavy (non-hydrogen) atoms. The maximum Gasteiger partial charge on any atom is 0.277 e. The van der Waals surface area contributed by atoms with Crippen LogP contribution < -0.4 is 10.6 Å². The Balaban J connectivity index is 1.25. The van der Waals surface area contributed by atoms with E-state index in [2.05, 4.69) is 20.7 Å². The second kappa shape index (κ2) is 8.60. The Bertz CT molecular complexity index is 1480. The molecule has 2 fully saturated rings. The van der Waals surface area contributed by atoms with Gasteiger partial charge >= 0.3 is 0 Å². The van der Waals surface area contributed by atoms with E-state index >= 15 is 0 Å². The molecule has 0 spiro atoms. The van der Waals surface area contributed by atoms with Gasteiger partial charge in [-0.25, -0.2) is 4.98 Å². The zero-order chi connectivity index (χ0) is 24.9. The lowest BCUT2D eigenvalue weighted by Gasteiger charge is -2.15. The van der Waals surface area contributed by atoms with Crippen LogP contribution in [0.5, 0.6) is 0 Å². The summed E-state index contributed by atoms with van der Waals surface area (Å²) in [7, 11) is 0. The first-order valence-electron chi connectivity index (χ1n) is 12.2. The van der Waals surface area contributed by atoms with Gasteiger partial charge in [-0.3, -0.25) is 14.3 Å². The predicted octanol–water partition coefficient (Wildman–Crippen LogP) is 3.76. The normalized spacial score (nSPS) is 18.4. The number of amides is 2. The third kappa shape index (κ3) is 4.26. The van der Waals surface area contributed by atoms with Crippen molar-refractivity contribution in [3.05, 3.63) is 65.7 Å². The van der Waals surface area contributed by atoms with Crippen LogP contribution in [0.3, 0.4) is 0 Å². The predicted molar refractivity (Wildman–Crippen MR) is 133 cm³/mol. The number of carbonyl (C=O) groups is 2. The number of rotatable bonds is 7. The molecule has 1 saturated carbocycles.